The summed E-state index contributed by atoms with van der Waals surface area (Å²) in [6.45, 7) is -1.40. The van der Waals surface area contributed by atoms with Crippen molar-refractivity contribution in [2.45, 2.75) is 26.4 Å². The number of ether oxygens (including phenoxy) is 2. The van der Waals surface area contributed by atoms with Crippen LogP contribution in [0.15, 0.2) is 54.4 Å². The first kappa shape index (κ1) is 29.2. The van der Waals surface area contributed by atoms with Gasteiger partial charge >= 0.3 is 6.61 Å². The number of allylic oxidation sites excluding steroid dienone is 1. The van der Waals surface area contributed by atoms with Crippen LogP contribution in [0.2, 0.25) is 0 Å². The topological polar surface area (TPSA) is 130 Å². The lowest BCUT2D eigenvalue weighted by molar-refractivity contribution is -0.0494. The number of pyridine rings is 1. The van der Waals surface area contributed by atoms with Gasteiger partial charge in [0.25, 0.3) is 0 Å². The Morgan fingerprint density at radius 3 is 2.50 bits per heavy atom. The lowest BCUT2D eigenvalue weighted by Gasteiger charge is -2.21. The maximum Gasteiger partial charge on any atom is 0.387 e. The number of alkyl halides is 2. The fourth-order valence-corrected chi connectivity index (χ4v) is 6.75. The van der Waals surface area contributed by atoms with Crippen LogP contribution in [0.25, 0.3) is 11.8 Å². The third kappa shape index (κ3) is 5.23. The number of ketones is 1. The molecule has 0 radical (unpaired) electrons. The molecule has 44 heavy (non-hydrogen) atoms. The molecule has 15 heteroatoms. The first-order valence-corrected chi connectivity index (χ1v) is 14.8. The Labute approximate surface area is 248 Å². The summed E-state index contributed by atoms with van der Waals surface area (Å²) in [5, 5.41) is 4.23. The molecular weight excluding hydrogens is 606 g/mol. The standard InChI is InChI=1S/C29H23F4N5O5S/c1-15-8-25(43-27-20(30)4-2-5-21(27)31)35-14-23(15)38-28(34)19(13-36-38)26(39)18-9-16-11-22(37-6-3-7-44(37,40)41)24(42-29(32)33)12-17(16)10-18/h2,4-5,8,10-14,29H,3,6-7,9,34H2,1H3. The van der Waals surface area contributed by atoms with Crippen LogP contribution in [0.4, 0.5) is 29.1 Å². The van der Waals surface area contributed by atoms with E-state index in [-0.39, 0.29) is 53.0 Å². The minimum absolute atomic E-state index is 0.0101. The van der Waals surface area contributed by atoms with Crippen molar-refractivity contribution in [2.24, 2.45) is 0 Å². The van der Waals surface area contributed by atoms with Crippen LogP contribution in [-0.2, 0) is 16.4 Å². The quantitative estimate of drug-likeness (QED) is 0.208. The van der Waals surface area contributed by atoms with Crippen LogP contribution in [0.3, 0.4) is 0 Å². The van der Waals surface area contributed by atoms with Gasteiger partial charge in [0.05, 0.1) is 35.1 Å². The third-order valence-corrected chi connectivity index (χ3v) is 9.13. The van der Waals surface area contributed by atoms with Crippen molar-refractivity contribution in [3.05, 3.63) is 88.3 Å². The van der Waals surface area contributed by atoms with Gasteiger partial charge in [0, 0.05) is 24.6 Å². The van der Waals surface area contributed by atoms with E-state index >= 15 is 0 Å². The van der Waals surface area contributed by atoms with Crippen LogP contribution >= 0.6 is 0 Å². The molecule has 3 heterocycles. The number of hydrogen-bond acceptors (Lipinski definition) is 8. The number of carbonyl (C=O) groups is 1. The van der Waals surface area contributed by atoms with Gasteiger partial charge in [-0.3, -0.25) is 9.10 Å². The second-order valence-electron chi connectivity index (χ2n) is 10.1. The van der Waals surface area contributed by atoms with Gasteiger partial charge in [-0.25, -0.2) is 26.9 Å². The Morgan fingerprint density at radius 1 is 1.09 bits per heavy atom. The van der Waals surface area contributed by atoms with Gasteiger partial charge < -0.3 is 15.2 Å². The zero-order valence-corrected chi connectivity index (χ0v) is 23.7. The number of benzene rings is 2. The van der Waals surface area contributed by atoms with Gasteiger partial charge in [-0.2, -0.15) is 13.9 Å². The molecule has 228 valence electrons. The molecule has 1 aliphatic carbocycles. The van der Waals surface area contributed by atoms with Crippen molar-refractivity contribution < 1.29 is 40.2 Å². The van der Waals surface area contributed by atoms with Gasteiger partial charge in [0.15, 0.2) is 23.2 Å². The van der Waals surface area contributed by atoms with E-state index in [0.29, 0.717) is 28.8 Å². The van der Waals surface area contributed by atoms with E-state index in [4.69, 9.17) is 10.5 Å². The number of aryl methyl sites for hydroxylation is 1. The lowest BCUT2D eigenvalue weighted by Crippen LogP contribution is -2.26. The van der Waals surface area contributed by atoms with E-state index in [1.165, 1.54) is 47.4 Å². The van der Waals surface area contributed by atoms with Gasteiger partial charge in [-0.05, 0) is 60.4 Å². The molecular formula is C29H23F4N5O5S. The van der Waals surface area contributed by atoms with Gasteiger partial charge in [0.1, 0.15) is 5.82 Å². The van der Waals surface area contributed by atoms with Crippen molar-refractivity contribution in [3.63, 3.8) is 0 Å². The highest BCUT2D eigenvalue weighted by molar-refractivity contribution is 7.93. The van der Waals surface area contributed by atoms with Gasteiger partial charge in [-0.1, -0.05) is 6.07 Å². The second kappa shape index (κ2) is 11.0. The zero-order valence-electron chi connectivity index (χ0n) is 22.9. The number of nitrogen functional groups attached to an aromatic ring is 1. The molecule has 1 aliphatic heterocycles. The van der Waals surface area contributed by atoms with E-state index in [9.17, 15) is 30.8 Å². The highest BCUT2D eigenvalue weighted by Gasteiger charge is 2.33. The first-order chi connectivity index (χ1) is 20.9. The van der Waals surface area contributed by atoms with E-state index in [1.807, 2.05) is 0 Å². The second-order valence-corrected chi connectivity index (χ2v) is 12.1. The Hall–Kier alpha value is -4.92. The van der Waals surface area contributed by atoms with Crippen LogP contribution in [0.5, 0.6) is 17.4 Å². The molecule has 1 saturated heterocycles. The van der Waals surface area contributed by atoms with Crippen molar-refractivity contribution in [2.75, 3.05) is 22.3 Å². The molecule has 0 bridgehead atoms. The predicted molar refractivity (Wildman–Crippen MR) is 152 cm³/mol. The fraction of sp³-hybridized carbons (Fsp3) is 0.207. The average molecular weight is 630 g/mol. The maximum absolute atomic E-state index is 14.0. The summed E-state index contributed by atoms with van der Waals surface area (Å²) < 4.78 is 91.7. The molecule has 2 aliphatic rings. The van der Waals surface area contributed by atoms with Crippen LogP contribution < -0.4 is 19.5 Å². The van der Waals surface area contributed by atoms with Gasteiger partial charge in [-0.15, -0.1) is 0 Å². The van der Waals surface area contributed by atoms with Crippen molar-refractivity contribution in [1.82, 2.24) is 14.8 Å². The number of sulfonamides is 1. The molecule has 4 aromatic rings. The van der Waals surface area contributed by atoms with Crippen molar-refractivity contribution in [1.29, 1.82) is 0 Å². The minimum Gasteiger partial charge on any atom is -0.433 e. The highest BCUT2D eigenvalue weighted by Crippen LogP contribution is 2.41. The van der Waals surface area contributed by atoms with Crippen LogP contribution in [0, 0.1) is 18.6 Å². The summed E-state index contributed by atoms with van der Waals surface area (Å²) >= 11 is 0. The van der Waals surface area contributed by atoms with Crippen molar-refractivity contribution >= 4 is 33.4 Å². The molecule has 0 unspecified atom stereocenters. The molecule has 0 atom stereocenters. The Balaban J connectivity index is 1.26. The monoisotopic (exact) mass is 629 g/mol. The molecule has 0 spiro atoms. The number of aromatic nitrogens is 3. The predicted octanol–water partition coefficient (Wildman–Crippen LogP) is 5.19. The van der Waals surface area contributed by atoms with E-state index < -0.39 is 39.8 Å². The van der Waals surface area contributed by atoms with E-state index in [0.717, 1.165) is 16.4 Å². The Morgan fingerprint density at radius 2 is 1.84 bits per heavy atom. The number of rotatable bonds is 8. The van der Waals surface area contributed by atoms with Gasteiger partial charge in [0.2, 0.25) is 21.7 Å². The number of Topliss-reactive ketones (excluding diaryl/α,β-unsaturated/α-hetero) is 1. The number of anilines is 2. The Kier molecular flexibility index (Phi) is 7.27. The zero-order chi connectivity index (χ0) is 31.3. The number of hydrogen-bond donors (Lipinski definition) is 1. The summed E-state index contributed by atoms with van der Waals surface area (Å²) in [4.78, 5) is 17.6. The molecule has 2 aromatic heterocycles. The number of halogens is 4. The first-order valence-electron chi connectivity index (χ1n) is 13.2. The molecule has 2 N–H and O–H groups in total. The number of para-hydroxylation sites is 1. The normalized spacial score (nSPS) is 15.4. The summed E-state index contributed by atoms with van der Waals surface area (Å²) in [7, 11) is -3.69. The largest absolute Gasteiger partial charge is 0.433 e. The van der Waals surface area contributed by atoms with Crippen molar-refractivity contribution in [3.8, 4) is 23.1 Å². The smallest absolute Gasteiger partial charge is 0.387 e. The Bertz CT molecular complexity index is 1940. The lowest BCUT2D eigenvalue weighted by atomic mass is 10.0. The molecule has 10 nitrogen and oxygen atoms in total. The molecule has 6 rings (SSSR count). The molecule has 2 aromatic carbocycles. The van der Waals surface area contributed by atoms with Crippen LogP contribution in [0.1, 0.15) is 33.5 Å². The summed E-state index contributed by atoms with van der Waals surface area (Å²) in [5.41, 5.74) is 8.51. The SMILES string of the molecule is Cc1cc(Oc2c(F)cccc2F)ncc1-n1ncc(C(=O)C2=Cc3cc(OC(F)F)c(N4CCCS4(=O)=O)cc3C2)c1N. The van der Waals surface area contributed by atoms with Crippen LogP contribution in [-0.4, -0.2) is 47.9 Å². The van der Waals surface area contributed by atoms with E-state index in [2.05, 4.69) is 14.8 Å². The summed E-state index contributed by atoms with van der Waals surface area (Å²) in [6.07, 6.45) is 4.54. The maximum atomic E-state index is 14.0. The average Bonchev–Trinajstić information content (AvgIpc) is 3.65. The number of fused-ring (bicyclic) bond motifs is 1. The molecule has 0 amide bonds. The number of nitrogens with zero attached hydrogens (tertiary/aromatic N) is 4. The minimum atomic E-state index is -3.69. The third-order valence-electron chi connectivity index (χ3n) is 7.27. The highest BCUT2D eigenvalue weighted by atomic mass is 32.2. The summed E-state index contributed by atoms with van der Waals surface area (Å²) in [5.74, 6) is -3.40. The fourth-order valence-electron chi connectivity index (χ4n) is 5.18. The molecule has 1 fully saturated rings. The number of carbonyl (C=O) groups excluding carboxylic acids is 1. The summed E-state index contributed by atoms with van der Waals surface area (Å²) in [6, 6.07) is 7.48. The van der Waals surface area contributed by atoms with E-state index in [1.54, 1.807) is 6.92 Å². The molecule has 0 saturated carbocycles. The number of nitrogens with two attached hydrogens (primary N) is 1.